The quantitative estimate of drug-likeness (QED) is 0.0261. The van der Waals surface area contributed by atoms with Crippen molar-refractivity contribution in [3.8, 4) is 0 Å². The van der Waals surface area contributed by atoms with Crippen molar-refractivity contribution in [2.45, 2.75) is 322 Å². The summed E-state index contributed by atoms with van der Waals surface area (Å²) in [6, 6.07) is 0. The third kappa shape index (κ3) is 68.2. The van der Waals surface area contributed by atoms with Crippen molar-refractivity contribution in [3.63, 3.8) is 0 Å². The molecule has 0 rings (SSSR count). The van der Waals surface area contributed by atoms with Crippen LogP contribution in [0.5, 0.6) is 0 Å². The molecule has 0 aliphatic carbocycles. The van der Waals surface area contributed by atoms with E-state index in [1.807, 2.05) is 0 Å². The minimum absolute atomic E-state index is 0.103. The van der Waals surface area contributed by atoms with E-state index >= 15 is 0 Å². The van der Waals surface area contributed by atoms with Crippen molar-refractivity contribution in [1.29, 1.82) is 0 Å². The number of carbonyl (C=O) groups is 3. The van der Waals surface area contributed by atoms with Gasteiger partial charge in [-0.2, -0.15) is 0 Å². The lowest BCUT2D eigenvalue weighted by atomic mass is 10.0. The van der Waals surface area contributed by atoms with Crippen LogP contribution in [0.4, 0.5) is 0 Å². The van der Waals surface area contributed by atoms with Gasteiger partial charge in [0.25, 0.3) is 0 Å². The molecule has 0 spiro atoms. The van der Waals surface area contributed by atoms with E-state index in [9.17, 15) is 14.4 Å². The molecule has 0 fully saturated rings. The smallest absolute Gasteiger partial charge is 0.306 e. The molecule has 0 radical (unpaired) electrons. The molecule has 0 amide bonds. The van der Waals surface area contributed by atoms with Gasteiger partial charge < -0.3 is 14.2 Å². The maximum atomic E-state index is 12.9. The molecule has 0 heterocycles. The first-order chi connectivity index (χ1) is 41.0. The average molecular weight is 1150 g/mol. The highest BCUT2D eigenvalue weighted by molar-refractivity contribution is 5.71. The Balaban J connectivity index is 4.33. The number of hydrogen-bond donors (Lipinski definition) is 0. The zero-order valence-electron chi connectivity index (χ0n) is 54.2. The number of allylic oxidation sites excluding steroid dienone is 22. The van der Waals surface area contributed by atoms with E-state index in [4.69, 9.17) is 14.2 Å². The fourth-order valence-electron chi connectivity index (χ4n) is 9.50. The van der Waals surface area contributed by atoms with Crippen LogP contribution in [0.15, 0.2) is 134 Å². The molecule has 0 saturated carbocycles. The minimum Gasteiger partial charge on any atom is -0.462 e. The van der Waals surface area contributed by atoms with E-state index in [1.165, 1.54) is 161 Å². The van der Waals surface area contributed by atoms with Crippen molar-refractivity contribution < 1.29 is 28.6 Å². The van der Waals surface area contributed by atoms with Crippen LogP contribution in [-0.4, -0.2) is 37.2 Å². The van der Waals surface area contributed by atoms with Gasteiger partial charge in [0.05, 0.1) is 0 Å². The zero-order valence-corrected chi connectivity index (χ0v) is 54.2. The monoisotopic (exact) mass is 1150 g/mol. The van der Waals surface area contributed by atoms with Gasteiger partial charge in [-0.05, 0) is 128 Å². The van der Waals surface area contributed by atoms with Gasteiger partial charge in [0.1, 0.15) is 13.2 Å². The summed E-state index contributed by atoms with van der Waals surface area (Å²) in [4.78, 5) is 38.4. The maximum Gasteiger partial charge on any atom is 0.306 e. The van der Waals surface area contributed by atoms with Gasteiger partial charge in [0.15, 0.2) is 6.10 Å². The Bertz CT molecular complexity index is 1750. The lowest BCUT2D eigenvalue weighted by Gasteiger charge is -2.18. The summed E-state index contributed by atoms with van der Waals surface area (Å²) in [6.07, 6.45) is 99.1. The molecule has 0 bridgehead atoms. The van der Waals surface area contributed by atoms with Gasteiger partial charge in [-0.1, -0.05) is 302 Å². The lowest BCUT2D eigenvalue weighted by Crippen LogP contribution is -2.30. The normalized spacial score (nSPS) is 13.0. The van der Waals surface area contributed by atoms with Gasteiger partial charge in [0, 0.05) is 19.3 Å². The molecule has 83 heavy (non-hydrogen) atoms. The van der Waals surface area contributed by atoms with Crippen LogP contribution in [-0.2, 0) is 28.6 Å². The van der Waals surface area contributed by atoms with Crippen LogP contribution in [0.25, 0.3) is 0 Å². The first-order valence-electron chi connectivity index (χ1n) is 34.7. The first kappa shape index (κ1) is 78.5. The van der Waals surface area contributed by atoms with E-state index in [-0.39, 0.29) is 37.5 Å². The van der Waals surface area contributed by atoms with Crippen LogP contribution in [0.2, 0.25) is 0 Å². The van der Waals surface area contributed by atoms with E-state index in [0.29, 0.717) is 19.3 Å². The lowest BCUT2D eigenvalue weighted by molar-refractivity contribution is -0.167. The van der Waals surface area contributed by atoms with E-state index in [0.717, 1.165) is 109 Å². The highest BCUT2D eigenvalue weighted by Crippen LogP contribution is 2.16. The molecule has 6 nitrogen and oxygen atoms in total. The minimum atomic E-state index is -0.814. The van der Waals surface area contributed by atoms with Crippen LogP contribution in [0.1, 0.15) is 316 Å². The summed E-state index contributed by atoms with van der Waals surface area (Å²) in [5, 5.41) is 0. The fourth-order valence-corrected chi connectivity index (χ4v) is 9.50. The van der Waals surface area contributed by atoms with Crippen molar-refractivity contribution in [1.82, 2.24) is 0 Å². The standard InChI is InChI=1S/C77H128O6/c1-4-7-10-13-16-19-22-25-28-31-32-33-34-35-36-37-38-39-40-41-42-43-44-47-49-52-55-58-61-64-67-70-76(79)82-73-74(83-77(80)71-68-65-62-59-56-53-50-46-30-27-24-21-18-15-12-9-6-3)72-81-75(78)69-66-63-60-57-54-51-48-45-29-26-23-20-17-14-11-8-5-2/h7,9-10,12,16,18-19,21,25-30,32-33,35-36,50,53,59,62,74H,4-6,8,11,13-15,17,20,22-24,31,34,37-49,51-52,54-58,60-61,63-73H2,1-3H3/b10-7-,12-9-,19-16-,21-18-,28-25-,29-26-,30-27-,33-32-,36-35-,53-50-,62-59-. The zero-order chi connectivity index (χ0) is 59.9. The van der Waals surface area contributed by atoms with Gasteiger partial charge in [-0.25, -0.2) is 0 Å². The number of rotatable bonds is 62. The first-order valence-corrected chi connectivity index (χ1v) is 34.7. The van der Waals surface area contributed by atoms with E-state index in [2.05, 4.69) is 154 Å². The molecule has 0 aliphatic heterocycles. The Hall–Kier alpha value is -4.45. The number of unbranched alkanes of at least 4 members (excludes halogenated alkanes) is 29. The predicted molar refractivity (Wildman–Crippen MR) is 362 cm³/mol. The summed E-state index contributed by atoms with van der Waals surface area (Å²) in [5.74, 6) is -0.959. The Morgan fingerprint density at radius 1 is 0.253 bits per heavy atom. The van der Waals surface area contributed by atoms with Crippen LogP contribution in [0, 0.1) is 0 Å². The van der Waals surface area contributed by atoms with Gasteiger partial charge in [-0.15, -0.1) is 0 Å². The highest BCUT2D eigenvalue weighted by atomic mass is 16.6. The molecule has 0 aromatic heterocycles. The van der Waals surface area contributed by atoms with Gasteiger partial charge in [-0.3, -0.25) is 14.4 Å². The number of carbonyl (C=O) groups excluding carboxylic acids is 3. The molecule has 472 valence electrons. The summed E-state index contributed by atoms with van der Waals surface area (Å²) in [7, 11) is 0. The molecule has 0 N–H and O–H groups in total. The molecule has 1 atom stereocenters. The molecular weight excluding hydrogens is 1020 g/mol. The van der Waals surface area contributed by atoms with Gasteiger partial charge >= 0.3 is 17.9 Å². The SMILES string of the molecule is CC/C=C\C/C=C\C/C=C\C/C=C\C/C=C\CCCCCCCCCCCCCCCCCC(=O)OCC(COC(=O)CCCCCCCCC/C=C\CCCCCCCC)OC(=O)CCC/C=C\C/C=C\C/C=C\C/C=C\C/C=C\CC. The maximum absolute atomic E-state index is 12.9. The largest absolute Gasteiger partial charge is 0.462 e. The molecule has 0 aliphatic rings. The molecule has 1 unspecified atom stereocenters. The van der Waals surface area contributed by atoms with Crippen LogP contribution in [0.3, 0.4) is 0 Å². The van der Waals surface area contributed by atoms with Crippen molar-refractivity contribution in [3.05, 3.63) is 134 Å². The van der Waals surface area contributed by atoms with E-state index in [1.54, 1.807) is 0 Å². The third-order valence-corrected chi connectivity index (χ3v) is 14.6. The summed E-state index contributed by atoms with van der Waals surface area (Å²) < 4.78 is 16.9. The molecule has 0 saturated heterocycles. The number of hydrogen-bond acceptors (Lipinski definition) is 6. The summed E-state index contributed by atoms with van der Waals surface area (Å²) in [6.45, 7) is 6.38. The Kier molecular flexibility index (Phi) is 66.3. The number of ether oxygens (including phenoxy) is 3. The fraction of sp³-hybridized carbons (Fsp3) is 0.675. The third-order valence-electron chi connectivity index (χ3n) is 14.6. The molecular formula is C77H128O6. The van der Waals surface area contributed by atoms with Gasteiger partial charge in [0.2, 0.25) is 0 Å². The van der Waals surface area contributed by atoms with Crippen LogP contribution >= 0.6 is 0 Å². The van der Waals surface area contributed by atoms with Crippen LogP contribution < -0.4 is 0 Å². The summed E-state index contributed by atoms with van der Waals surface area (Å²) >= 11 is 0. The Morgan fingerprint density at radius 3 is 0.783 bits per heavy atom. The molecule has 6 heteroatoms. The van der Waals surface area contributed by atoms with Crippen molar-refractivity contribution in [2.75, 3.05) is 13.2 Å². The second-order valence-corrected chi connectivity index (χ2v) is 22.7. The predicted octanol–water partition coefficient (Wildman–Crippen LogP) is 24.1. The average Bonchev–Trinajstić information content (AvgIpc) is 3.49. The second-order valence-electron chi connectivity index (χ2n) is 22.7. The van der Waals surface area contributed by atoms with Crippen molar-refractivity contribution >= 4 is 17.9 Å². The molecule has 0 aromatic rings. The Labute approximate surface area is 513 Å². The van der Waals surface area contributed by atoms with E-state index < -0.39 is 6.10 Å². The Morgan fingerprint density at radius 2 is 0.482 bits per heavy atom. The molecule has 0 aromatic carbocycles. The highest BCUT2D eigenvalue weighted by Gasteiger charge is 2.19. The second kappa shape index (κ2) is 70.0. The number of esters is 3. The summed E-state index contributed by atoms with van der Waals surface area (Å²) in [5.41, 5.74) is 0. The topological polar surface area (TPSA) is 78.9 Å². The van der Waals surface area contributed by atoms with Crippen molar-refractivity contribution in [2.24, 2.45) is 0 Å².